The second kappa shape index (κ2) is 5.25. The van der Waals surface area contributed by atoms with Crippen LogP contribution in [0.25, 0.3) is 0 Å². The molecule has 1 aromatic rings. The van der Waals surface area contributed by atoms with Gasteiger partial charge in [-0.15, -0.1) is 0 Å². The van der Waals surface area contributed by atoms with Crippen LogP contribution in [0.1, 0.15) is 0 Å². The number of nitrogens with zero attached hydrogens (tertiary/aromatic N) is 2. The third-order valence-corrected chi connectivity index (χ3v) is 4.23. The lowest BCUT2D eigenvalue weighted by atomic mass is 10.7. The van der Waals surface area contributed by atoms with Gasteiger partial charge in [-0.3, -0.25) is 0 Å². The summed E-state index contributed by atoms with van der Waals surface area (Å²) in [5, 5.41) is -0.0694. The first-order valence-corrected chi connectivity index (χ1v) is 8.28. The number of halogens is 1. The van der Waals surface area contributed by atoms with E-state index in [1.54, 1.807) is 0 Å². The molecule has 96 valence electrons. The zero-order valence-corrected chi connectivity index (χ0v) is 11.2. The first kappa shape index (κ1) is 14.3. The van der Waals surface area contributed by atoms with Crippen LogP contribution in [0.5, 0.6) is 0 Å². The van der Waals surface area contributed by atoms with Gasteiger partial charge >= 0.3 is 0 Å². The number of nitrogens with one attached hydrogen (secondary N) is 1. The smallest absolute Gasteiger partial charge is 0.229 e. The van der Waals surface area contributed by atoms with Crippen molar-refractivity contribution in [1.29, 1.82) is 0 Å². The molecule has 0 spiro atoms. The summed E-state index contributed by atoms with van der Waals surface area (Å²) in [6.07, 6.45) is 3.10. The molecular formula is C7H10ClN3O4S2. The lowest BCUT2D eigenvalue weighted by Crippen LogP contribution is -2.29. The molecule has 0 unspecified atom stereocenters. The van der Waals surface area contributed by atoms with E-state index in [0.29, 0.717) is 0 Å². The van der Waals surface area contributed by atoms with Gasteiger partial charge in [0.25, 0.3) is 0 Å². The normalized spacial score (nSPS) is 12.6. The minimum absolute atomic E-state index is 0.0694. The van der Waals surface area contributed by atoms with Gasteiger partial charge in [0.05, 0.1) is 18.1 Å². The molecule has 0 aliphatic rings. The van der Waals surface area contributed by atoms with Gasteiger partial charge in [-0.2, -0.15) is 0 Å². The molecule has 0 aliphatic heterocycles. The Labute approximate surface area is 104 Å². The minimum atomic E-state index is -3.80. The molecule has 0 saturated heterocycles. The fourth-order valence-corrected chi connectivity index (χ4v) is 2.50. The van der Waals surface area contributed by atoms with Gasteiger partial charge in [0.1, 0.15) is 14.7 Å². The Bertz CT molecular complexity index is 582. The van der Waals surface area contributed by atoms with Crippen molar-refractivity contribution in [1.82, 2.24) is 14.7 Å². The Balaban J connectivity index is 2.73. The van der Waals surface area contributed by atoms with Crippen LogP contribution < -0.4 is 4.72 Å². The Morgan fingerprint density at radius 2 is 1.76 bits per heavy atom. The fraction of sp³-hybridized carbons (Fsp3) is 0.429. The van der Waals surface area contributed by atoms with Crippen LogP contribution in [-0.4, -0.2) is 45.4 Å². The molecular weight excluding hydrogens is 290 g/mol. The number of aromatic nitrogens is 2. The van der Waals surface area contributed by atoms with Gasteiger partial charge in [0.2, 0.25) is 15.3 Å². The summed E-state index contributed by atoms with van der Waals surface area (Å²) < 4.78 is 47.0. The first-order chi connectivity index (χ1) is 7.71. The SMILES string of the molecule is CS(=O)(=O)CCNS(=O)(=O)c1cnc(Cl)nc1. The quantitative estimate of drug-likeness (QED) is 0.731. The zero-order valence-electron chi connectivity index (χ0n) is 8.79. The van der Waals surface area contributed by atoms with Crippen molar-refractivity contribution < 1.29 is 16.8 Å². The van der Waals surface area contributed by atoms with Crippen LogP contribution in [0.4, 0.5) is 0 Å². The molecule has 1 N–H and O–H groups in total. The predicted molar refractivity (Wildman–Crippen MR) is 61.9 cm³/mol. The predicted octanol–water partition coefficient (Wildman–Crippen LogP) is -0.547. The lowest BCUT2D eigenvalue weighted by Gasteiger charge is -2.04. The maximum absolute atomic E-state index is 11.6. The van der Waals surface area contributed by atoms with Crippen molar-refractivity contribution in [2.75, 3.05) is 18.6 Å². The Morgan fingerprint density at radius 3 is 2.24 bits per heavy atom. The van der Waals surface area contributed by atoms with E-state index >= 15 is 0 Å². The van der Waals surface area contributed by atoms with Crippen molar-refractivity contribution in [3.63, 3.8) is 0 Å². The summed E-state index contributed by atoms with van der Waals surface area (Å²) in [5.41, 5.74) is 0. The zero-order chi connectivity index (χ0) is 13.1. The Kier molecular flexibility index (Phi) is 4.42. The molecule has 0 aromatic carbocycles. The van der Waals surface area contributed by atoms with Crippen LogP contribution in [0.2, 0.25) is 5.28 Å². The summed E-state index contributed by atoms with van der Waals surface area (Å²) in [5.74, 6) is -0.277. The summed E-state index contributed by atoms with van der Waals surface area (Å²) in [6, 6.07) is 0. The molecule has 0 bridgehead atoms. The molecule has 0 radical (unpaired) electrons. The third kappa shape index (κ3) is 4.94. The highest BCUT2D eigenvalue weighted by Gasteiger charge is 2.15. The van der Waals surface area contributed by atoms with Crippen molar-refractivity contribution in [2.45, 2.75) is 4.90 Å². The molecule has 1 rings (SSSR count). The molecule has 1 aromatic heterocycles. The van der Waals surface area contributed by atoms with Crippen molar-refractivity contribution in [3.8, 4) is 0 Å². The molecule has 0 saturated carbocycles. The van der Waals surface area contributed by atoms with Crippen LogP contribution in [0.15, 0.2) is 17.3 Å². The van der Waals surface area contributed by atoms with Crippen molar-refractivity contribution >= 4 is 31.5 Å². The summed E-state index contributed by atoms with van der Waals surface area (Å²) in [4.78, 5) is 6.87. The highest BCUT2D eigenvalue weighted by Crippen LogP contribution is 2.06. The molecule has 7 nitrogen and oxygen atoms in total. The topological polar surface area (TPSA) is 106 Å². The summed E-state index contributed by atoms with van der Waals surface area (Å²) >= 11 is 5.41. The van der Waals surface area contributed by atoms with Crippen molar-refractivity contribution in [2.24, 2.45) is 0 Å². The van der Waals surface area contributed by atoms with E-state index in [2.05, 4.69) is 14.7 Å². The van der Waals surface area contributed by atoms with Gasteiger partial charge < -0.3 is 0 Å². The number of sulfonamides is 1. The van der Waals surface area contributed by atoms with Gasteiger partial charge in [-0.25, -0.2) is 31.5 Å². The minimum Gasteiger partial charge on any atom is -0.229 e. The van der Waals surface area contributed by atoms with Gasteiger partial charge in [0.15, 0.2) is 0 Å². The number of hydrogen-bond donors (Lipinski definition) is 1. The first-order valence-electron chi connectivity index (χ1n) is 4.36. The van der Waals surface area contributed by atoms with Crippen LogP contribution in [0.3, 0.4) is 0 Å². The highest BCUT2D eigenvalue weighted by molar-refractivity contribution is 7.91. The summed E-state index contributed by atoms with van der Waals surface area (Å²) in [6.45, 7) is -0.205. The number of rotatable bonds is 5. The molecule has 1 heterocycles. The second-order valence-electron chi connectivity index (χ2n) is 3.22. The van der Waals surface area contributed by atoms with E-state index in [4.69, 9.17) is 11.6 Å². The second-order valence-corrected chi connectivity index (χ2v) is 7.58. The number of sulfone groups is 1. The van der Waals surface area contributed by atoms with Crippen LogP contribution in [0, 0.1) is 0 Å². The summed E-state index contributed by atoms with van der Waals surface area (Å²) in [7, 11) is -7.01. The van der Waals surface area contributed by atoms with Gasteiger partial charge in [-0.1, -0.05) is 0 Å². The van der Waals surface area contributed by atoms with E-state index in [1.165, 1.54) is 0 Å². The van der Waals surface area contributed by atoms with Gasteiger partial charge in [-0.05, 0) is 11.6 Å². The van der Waals surface area contributed by atoms with E-state index < -0.39 is 19.9 Å². The third-order valence-electron chi connectivity index (χ3n) is 1.67. The maximum Gasteiger partial charge on any atom is 0.243 e. The van der Waals surface area contributed by atoms with E-state index in [-0.39, 0.29) is 22.5 Å². The van der Waals surface area contributed by atoms with E-state index in [9.17, 15) is 16.8 Å². The van der Waals surface area contributed by atoms with Crippen molar-refractivity contribution in [3.05, 3.63) is 17.7 Å². The van der Waals surface area contributed by atoms with E-state index in [1.807, 2.05) is 0 Å². The van der Waals surface area contributed by atoms with Gasteiger partial charge in [0, 0.05) is 12.8 Å². The average molecular weight is 300 g/mol. The molecule has 0 atom stereocenters. The molecule has 0 fully saturated rings. The lowest BCUT2D eigenvalue weighted by molar-refractivity contribution is 0.581. The molecule has 17 heavy (non-hydrogen) atoms. The monoisotopic (exact) mass is 299 g/mol. The van der Waals surface area contributed by atoms with Crippen LogP contribution >= 0.6 is 11.6 Å². The highest BCUT2D eigenvalue weighted by atomic mass is 35.5. The molecule has 0 aliphatic carbocycles. The molecule has 10 heteroatoms. The standard InChI is InChI=1S/C7H10ClN3O4S2/c1-16(12,13)3-2-11-17(14,15)6-4-9-7(8)10-5-6/h4-5,11H,2-3H2,1H3. The maximum atomic E-state index is 11.6. The molecule has 0 amide bonds. The fourth-order valence-electron chi connectivity index (χ4n) is 0.884. The Hall–Kier alpha value is -0.770. The van der Waals surface area contributed by atoms with Crippen LogP contribution in [-0.2, 0) is 19.9 Å². The average Bonchev–Trinajstić information content (AvgIpc) is 2.15. The Morgan fingerprint density at radius 1 is 1.24 bits per heavy atom. The largest absolute Gasteiger partial charge is 0.243 e. The number of hydrogen-bond acceptors (Lipinski definition) is 6. The van der Waals surface area contributed by atoms with E-state index in [0.717, 1.165) is 18.6 Å².